The van der Waals surface area contributed by atoms with Crippen LogP contribution in [0.25, 0.3) is 5.95 Å². The summed E-state index contributed by atoms with van der Waals surface area (Å²) in [5.74, 6) is 0.636. The largest absolute Gasteiger partial charge is 0.388 e. The summed E-state index contributed by atoms with van der Waals surface area (Å²) >= 11 is 0. The molecule has 0 amide bonds. The number of nitrogens with zero attached hydrogens (tertiary/aromatic N) is 4. The van der Waals surface area contributed by atoms with E-state index in [-0.39, 0.29) is 6.10 Å². The third kappa shape index (κ3) is 2.35. The van der Waals surface area contributed by atoms with E-state index in [0.717, 1.165) is 60.4 Å². The van der Waals surface area contributed by atoms with Crippen molar-refractivity contribution in [1.29, 1.82) is 0 Å². The van der Waals surface area contributed by atoms with E-state index in [1.54, 1.807) is 0 Å². The standard InChI is InChI=1S/C16H22N4O/c1-4-12-13(5-2)18-19-16(17-12)20-10(3)9-11-14(20)7-6-8-15(11)21/h9,15,21H,4-8H2,1-3H3. The Kier molecular flexibility index (Phi) is 3.76. The van der Waals surface area contributed by atoms with Gasteiger partial charge in [-0.25, -0.2) is 4.98 Å². The van der Waals surface area contributed by atoms with E-state index in [1.165, 1.54) is 0 Å². The first-order valence-electron chi connectivity index (χ1n) is 7.77. The van der Waals surface area contributed by atoms with Crippen LogP contribution in [0.3, 0.4) is 0 Å². The van der Waals surface area contributed by atoms with Crippen LogP contribution < -0.4 is 0 Å². The Morgan fingerprint density at radius 3 is 2.71 bits per heavy atom. The Morgan fingerprint density at radius 1 is 1.24 bits per heavy atom. The molecule has 0 radical (unpaired) electrons. The normalized spacial score (nSPS) is 17.8. The van der Waals surface area contributed by atoms with Crippen molar-refractivity contribution in [3.05, 3.63) is 34.4 Å². The lowest BCUT2D eigenvalue weighted by molar-refractivity contribution is 0.156. The predicted octanol–water partition coefficient (Wildman–Crippen LogP) is 2.47. The lowest BCUT2D eigenvalue weighted by Gasteiger charge is -2.19. The molecule has 1 N–H and O–H groups in total. The molecule has 5 heteroatoms. The fourth-order valence-electron chi connectivity index (χ4n) is 3.18. The second-order valence-electron chi connectivity index (χ2n) is 5.64. The zero-order valence-corrected chi connectivity index (χ0v) is 12.9. The summed E-state index contributed by atoms with van der Waals surface area (Å²) in [5.41, 5.74) is 5.22. The van der Waals surface area contributed by atoms with Gasteiger partial charge in [-0.05, 0) is 45.1 Å². The van der Waals surface area contributed by atoms with Crippen molar-refractivity contribution in [3.8, 4) is 5.95 Å². The molecular weight excluding hydrogens is 264 g/mol. The molecule has 0 bridgehead atoms. The summed E-state index contributed by atoms with van der Waals surface area (Å²) < 4.78 is 2.06. The number of aromatic nitrogens is 4. The molecule has 1 aliphatic rings. The first-order chi connectivity index (χ1) is 10.2. The average Bonchev–Trinajstić information content (AvgIpc) is 2.84. The van der Waals surface area contributed by atoms with E-state index < -0.39 is 0 Å². The minimum Gasteiger partial charge on any atom is -0.388 e. The summed E-state index contributed by atoms with van der Waals surface area (Å²) in [5, 5.41) is 18.8. The van der Waals surface area contributed by atoms with Crippen LogP contribution in [0.1, 0.15) is 61.1 Å². The molecule has 0 aromatic carbocycles. The fraction of sp³-hybridized carbons (Fsp3) is 0.562. The highest BCUT2D eigenvalue weighted by Gasteiger charge is 2.25. The molecule has 0 aliphatic heterocycles. The van der Waals surface area contributed by atoms with Gasteiger partial charge in [0.05, 0.1) is 17.5 Å². The molecule has 0 saturated heterocycles. The van der Waals surface area contributed by atoms with Crippen LogP contribution in [0.15, 0.2) is 6.07 Å². The molecule has 1 unspecified atom stereocenters. The molecule has 1 aliphatic carbocycles. The second-order valence-corrected chi connectivity index (χ2v) is 5.64. The first kappa shape index (κ1) is 14.2. The highest BCUT2D eigenvalue weighted by molar-refractivity contribution is 5.37. The molecule has 3 rings (SSSR count). The van der Waals surface area contributed by atoms with Crippen molar-refractivity contribution < 1.29 is 5.11 Å². The summed E-state index contributed by atoms with van der Waals surface area (Å²) in [6.07, 6.45) is 4.15. The smallest absolute Gasteiger partial charge is 0.254 e. The number of aryl methyl sites for hydroxylation is 3. The highest BCUT2D eigenvalue weighted by atomic mass is 16.3. The Labute approximate surface area is 125 Å². The van der Waals surface area contributed by atoms with E-state index in [4.69, 9.17) is 4.98 Å². The SMILES string of the molecule is CCc1nnc(-n2c(C)cc3c2CCCC3O)nc1CC. The highest BCUT2D eigenvalue weighted by Crippen LogP contribution is 2.33. The van der Waals surface area contributed by atoms with E-state index in [2.05, 4.69) is 34.7 Å². The van der Waals surface area contributed by atoms with Crippen molar-refractivity contribution in [2.75, 3.05) is 0 Å². The van der Waals surface area contributed by atoms with Crippen LogP contribution in [0, 0.1) is 6.92 Å². The van der Waals surface area contributed by atoms with Crippen LogP contribution >= 0.6 is 0 Å². The van der Waals surface area contributed by atoms with Crippen LogP contribution in [0.4, 0.5) is 0 Å². The molecule has 5 nitrogen and oxygen atoms in total. The third-order valence-corrected chi connectivity index (χ3v) is 4.27. The van der Waals surface area contributed by atoms with Crippen molar-refractivity contribution in [2.45, 2.75) is 59.0 Å². The zero-order chi connectivity index (χ0) is 15.0. The van der Waals surface area contributed by atoms with E-state index in [1.807, 2.05) is 6.92 Å². The maximum atomic E-state index is 10.2. The third-order valence-electron chi connectivity index (χ3n) is 4.27. The lowest BCUT2D eigenvalue weighted by atomic mass is 9.95. The van der Waals surface area contributed by atoms with Gasteiger partial charge < -0.3 is 5.11 Å². The van der Waals surface area contributed by atoms with Crippen LogP contribution in [0.2, 0.25) is 0 Å². The maximum absolute atomic E-state index is 10.2. The van der Waals surface area contributed by atoms with E-state index in [0.29, 0.717) is 5.95 Å². The van der Waals surface area contributed by atoms with Gasteiger partial charge in [0, 0.05) is 17.0 Å². The molecule has 0 saturated carbocycles. The number of hydrogen-bond acceptors (Lipinski definition) is 4. The summed E-state index contributed by atoms with van der Waals surface area (Å²) in [4.78, 5) is 4.71. The number of aliphatic hydroxyl groups is 1. The Bertz CT molecular complexity index is 663. The molecule has 112 valence electrons. The van der Waals surface area contributed by atoms with Crippen molar-refractivity contribution >= 4 is 0 Å². The van der Waals surface area contributed by atoms with Crippen molar-refractivity contribution in [2.24, 2.45) is 0 Å². The van der Waals surface area contributed by atoms with E-state index in [9.17, 15) is 5.11 Å². The average molecular weight is 286 g/mol. The number of aliphatic hydroxyl groups excluding tert-OH is 1. The van der Waals surface area contributed by atoms with Crippen LogP contribution in [-0.4, -0.2) is 24.9 Å². The number of fused-ring (bicyclic) bond motifs is 1. The summed E-state index contributed by atoms with van der Waals surface area (Å²) in [6.45, 7) is 6.20. The molecule has 2 aromatic rings. The quantitative estimate of drug-likeness (QED) is 0.941. The van der Waals surface area contributed by atoms with Gasteiger partial charge in [-0.3, -0.25) is 4.57 Å². The zero-order valence-electron chi connectivity index (χ0n) is 12.9. The summed E-state index contributed by atoms with van der Waals surface area (Å²) in [7, 11) is 0. The van der Waals surface area contributed by atoms with Crippen molar-refractivity contribution in [1.82, 2.24) is 19.7 Å². The minimum absolute atomic E-state index is 0.359. The van der Waals surface area contributed by atoms with Gasteiger partial charge in [0.15, 0.2) is 0 Å². The van der Waals surface area contributed by atoms with Gasteiger partial charge in [0.2, 0.25) is 0 Å². The van der Waals surface area contributed by atoms with Crippen LogP contribution in [0.5, 0.6) is 0 Å². The minimum atomic E-state index is -0.359. The topological polar surface area (TPSA) is 63.8 Å². The predicted molar refractivity (Wildman–Crippen MR) is 80.5 cm³/mol. The molecule has 0 fully saturated rings. The molecule has 2 aromatic heterocycles. The number of rotatable bonds is 3. The monoisotopic (exact) mass is 286 g/mol. The molecule has 2 heterocycles. The molecule has 1 atom stereocenters. The lowest BCUT2D eigenvalue weighted by Crippen LogP contribution is -2.15. The van der Waals surface area contributed by atoms with Gasteiger partial charge in [-0.15, -0.1) is 10.2 Å². The Balaban J connectivity index is 2.13. The first-order valence-corrected chi connectivity index (χ1v) is 7.77. The van der Waals surface area contributed by atoms with E-state index >= 15 is 0 Å². The fourth-order valence-corrected chi connectivity index (χ4v) is 3.18. The Morgan fingerprint density at radius 2 is 2.00 bits per heavy atom. The van der Waals surface area contributed by atoms with Crippen molar-refractivity contribution in [3.63, 3.8) is 0 Å². The van der Waals surface area contributed by atoms with Gasteiger partial charge in [-0.2, -0.15) is 0 Å². The van der Waals surface area contributed by atoms with Gasteiger partial charge in [0.25, 0.3) is 5.95 Å². The molecular formula is C16H22N4O. The maximum Gasteiger partial charge on any atom is 0.254 e. The van der Waals surface area contributed by atoms with Crippen LogP contribution in [-0.2, 0) is 19.3 Å². The molecule has 21 heavy (non-hydrogen) atoms. The van der Waals surface area contributed by atoms with Gasteiger partial charge in [-0.1, -0.05) is 13.8 Å². The summed E-state index contributed by atoms with van der Waals surface area (Å²) in [6, 6.07) is 2.06. The van der Waals surface area contributed by atoms with Gasteiger partial charge >= 0.3 is 0 Å². The molecule has 0 spiro atoms. The second kappa shape index (κ2) is 5.56. The Hall–Kier alpha value is -1.75. The van der Waals surface area contributed by atoms with Gasteiger partial charge in [0.1, 0.15) is 0 Å². The number of hydrogen-bond donors (Lipinski definition) is 1.